The van der Waals surface area contributed by atoms with E-state index in [4.69, 9.17) is 4.74 Å². The van der Waals surface area contributed by atoms with Crippen molar-refractivity contribution in [1.82, 2.24) is 20.1 Å². The second-order valence-electron chi connectivity index (χ2n) is 9.18. The number of hydrogen-bond donors (Lipinski definition) is 2. The Labute approximate surface area is 194 Å². The van der Waals surface area contributed by atoms with E-state index in [9.17, 15) is 14.4 Å². The van der Waals surface area contributed by atoms with Crippen molar-refractivity contribution >= 4 is 28.6 Å². The molecule has 2 saturated heterocycles. The summed E-state index contributed by atoms with van der Waals surface area (Å²) in [4.78, 5) is 44.2. The van der Waals surface area contributed by atoms with E-state index < -0.39 is 0 Å². The molecular formula is C25H34N4O4. The maximum absolute atomic E-state index is 13.0. The van der Waals surface area contributed by atoms with Crippen molar-refractivity contribution in [2.45, 2.75) is 39.0 Å². The van der Waals surface area contributed by atoms with Gasteiger partial charge in [0, 0.05) is 62.0 Å². The molecule has 2 N–H and O–H groups in total. The maximum atomic E-state index is 13.0. The van der Waals surface area contributed by atoms with Gasteiger partial charge in [0.2, 0.25) is 11.8 Å². The second kappa shape index (κ2) is 10.3. The third-order valence-corrected chi connectivity index (χ3v) is 7.08. The van der Waals surface area contributed by atoms with Gasteiger partial charge < -0.3 is 24.8 Å². The van der Waals surface area contributed by atoms with Crippen molar-refractivity contribution in [1.29, 1.82) is 0 Å². The van der Waals surface area contributed by atoms with Crippen LogP contribution >= 0.6 is 0 Å². The van der Waals surface area contributed by atoms with Gasteiger partial charge in [-0.05, 0) is 49.8 Å². The van der Waals surface area contributed by atoms with E-state index >= 15 is 0 Å². The van der Waals surface area contributed by atoms with Crippen LogP contribution in [0.3, 0.4) is 0 Å². The first-order chi connectivity index (χ1) is 16.0. The Hall–Kier alpha value is -3.03. The number of H-pyrrole nitrogens is 1. The Kier molecular flexibility index (Phi) is 7.20. The lowest BCUT2D eigenvalue weighted by Gasteiger charge is -2.34. The summed E-state index contributed by atoms with van der Waals surface area (Å²) in [6.07, 6.45) is 4.01. The van der Waals surface area contributed by atoms with Crippen molar-refractivity contribution < 1.29 is 19.1 Å². The van der Waals surface area contributed by atoms with Gasteiger partial charge in [0.25, 0.3) is 5.91 Å². The third kappa shape index (κ3) is 5.31. The number of amides is 3. The fourth-order valence-corrected chi connectivity index (χ4v) is 4.92. The Bertz CT molecular complexity index is 1010. The number of likely N-dealkylation sites (tertiary alicyclic amines) is 2. The number of aromatic nitrogens is 1. The number of piperidine rings is 1. The molecular weight excluding hydrogens is 420 g/mol. The van der Waals surface area contributed by atoms with Gasteiger partial charge in [-0.15, -0.1) is 0 Å². The van der Waals surface area contributed by atoms with Gasteiger partial charge in [0.15, 0.2) is 0 Å². The molecule has 0 radical (unpaired) electrons. The number of nitrogens with zero attached hydrogens (tertiary/aromatic N) is 2. The minimum absolute atomic E-state index is 0.00261. The lowest BCUT2D eigenvalue weighted by atomic mass is 9.84. The highest BCUT2D eigenvalue weighted by Gasteiger charge is 2.30. The van der Waals surface area contributed by atoms with Gasteiger partial charge in [-0.1, -0.05) is 6.92 Å². The zero-order chi connectivity index (χ0) is 23.4. The predicted octanol–water partition coefficient (Wildman–Crippen LogP) is 2.79. The van der Waals surface area contributed by atoms with Gasteiger partial charge in [0.1, 0.15) is 11.4 Å². The molecule has 0 aliphatic carbocycles. The van der Waals surface area contributed by atoms with Gasteiger partial charge in [-0.2, -0.15) is 0 Å². The van der Waals surface area contributed by atoms with Crippen LogP contribution in [0.1, 0.15) is 49.5 Å². The number of aromatic amines is 1. The van der Waals surface area contributed by atoms with Crippen LogP contribution in [0.4, 0.5) is 0 Å². The van der Waals surface area contributed by atoms with E-state index in [1.54, 1.807) is 7.11 Å². The highest BCUT2D eigenvalue weighted by Crippen LogP contribution is 2.27. The second-order valence-corrected chi connectivity index (χ2v) is 9.18. The lowest BCUT2D eigenvalue weighted by Crippen LogP contribution is -2.43. The fraction of sp³-hybridized carbons (Fsp3) is 0.560. The van der Waals surface area contributed by atoms with E-state index in [-0.39, 0.29) is 29.6 Å². The zero-order valence-corrected chi connectivity index (χ0v) is 19.6. The molecule has 8 heteroatoms. The van der Waals surface area contributed by atoms with E-state index in [2.05, 4.69) is 10.3 Å². The fourth-order valence-electron chi connectivity index (χ4n) is 4.92. The van der Waals surface area contributed by atoms with Crippen molar-refractivity contribution in [2.24, 2.45) is 11.8 Å². The van der Waals surface area contributed by atoms with Crippen LogP contribution in [0, 0.1) is 11.8 Å². The molecule has 0 bridgehead atoms. The van der Waals surface area contributed by atoms with Crippen molar-refractivity contribution in [2.75, 3.05) is 39.8 Å². The molecule has 178 valence electrons. The van der Waals surface area contributed by atoms with Crippen LogP contribution in [-0.2, 0) is 9.59 Å². The quantitative estimate of drug-likeness (QED) is 0.600. The highest BCUT2D eigenvalue weighted by atomic mass is 16.5. The molecule has 0 saturated carbocycles. The summed E-state index contributed by atoms with van der Waals surface area (Å²) < 4.78 is 5.26. The lowest BCUT2D eigenvalue weighted by molar-refractivity contribution is -0.127. The number of ether oxygens (including phenoxy) is 1. The molecule has 1 aromatic heterocycles. The minimum atomic E-state index is -0.0868. The summed E-state index contributed by atoms with van der Waals surface area (Å²) in [5, 5.41) is 4.01. The van der Waals surface area contributed by atoms with Crippen LogP contribution in [0.5, 0.6) is 5.75 Å². The highest BCUT2D eigenvalue weighted by molar-refractivity contribution is 5.98. The SMILES string of the molecule is COc1ccc2cc(C(=O)N3CCC(C(C)C(=O)NCCCN4CCCC4=O)CC3)[nH]c2c1. The average Bonchev–Trinajstić information content (AvgIpc) is 3.46. The largest absolute Gasteiger partial charge is 0.497 e. The number of methoxy groups -OCH3 is 1. The molecule has 0 spiro atoms. The van der Waals surface area contributed by atoms with E-state index in [0.29, 0.717) is 38.3 Å². The average molecular weight is 455 g/mol. The van der Waals surface area contributed by atoms with Gasteiger partial charge in [-0.3, -0.25) is 14.4 Å². The molecule has 2 aliphatic rings. The summed E-state index contributed by atoms with van der Waals surface area (Å²) >= 11 is 0. The number of carbonyl (C=O) groups excluding carboxylic acids is 3. The molecule has 1 aromatic carbocycles. The van der Waals surface area contributed by atoms with Crippen LogP contribution in [0.2, 0.25) is 0 Å². The third-order valence-electron chi connectivity index (χ3n) is 7.08. The Morgan fingerprint density at radius 3 is 2.70 bits per heavy atom. The number of nitrogens with one attached hydrogen (secondary N) is 2. The molecule has 2 aromatic rings. The number of benzene rings is 1. The molecule has 1 atom stereocenters. The number of hydrogen-bond acceptors (Lipinski definition) is 4. The van der Waals surface area contributed by atoms with Crippen LogP contribution in [-0.4, -0.2) is 72.3 Å². The Morgan fingerprint density at radius 1 is 1.21 bits per heavy atom. The topological polar surface area (TPSA) is 94.7 Å². The molecule has 33 heavy (non-hydrogen) atoms. The minimum Gasteiger partial charge on any atom is -0.497 e. The standard InChI is InChI=1S/C25H34N4O4/c1-17(24(31)26-10-4-12-28-11-3-5-23(28)30)18-8-13-29(14-9-18)25(32)22-15-19-6-7-20(33-2)16-21(19)27-22/h6-7,15-18,27H,3-5,8-14H2,1-2H3,(H,26,31). The summed E-state index contributed by atoms with van der Waals surface area (Å²) in [6.45, 7) is 5.43. The summed E-state index contributed by atoms with van der Waals surface area (Å²) in [5.41, 5.74) is 1.46. The van der Waals surface area contributed by atoms with Crippen molar-refractivity contribution in [3.8, 4) is 5.75 Å². The normalized spacial score (nSPS) is 18.1. The smallest absolute Gasteiger partial charge is 0.270 e. The first kappa shape index (κ1) is 23.1. The summed E-state index contributed by atoms with van der Waals surface area (Å²) in [7, 11) is 1.62. The van der Waals surface area contributed by atoms with Crippen molar-refractivity contribution in [3.63, 3.8) is 0 Å². The number of fused-ring (bicyclic) bond motifs is 1. The Balaban J connectivity index is 1.22. The van der Waals surface area contributed by atoms with E-state index in [1.807, 2.05) is 41.0 Å². The zero-order valence-electron chi connectivity index (χ0n) is 19.6. The summed E-state index contributed by atoms with van der Waals surface area (Å²) in [6, 6.07) is 7.60. The molecule has 2 aliphatic heterocycles. The first-order valence-electron chi connectivity index (χ1n) is 12.0. The summed E-state index contributed by atoms with van der Waals surface area (Å²) in [5.74, 6) is 1.22. The molecule has 3 heterocycles. The molecule has 1 unspecified atom stereocenters. The predicted molar refractivity (Wildman–Crippen MR) is 126 cm³/mol. The van der Waals surface area contributed by atoms with Gasteiger partial charge in [0.05, 0.1) is 7.11 Å². The number of carbonyl (C=O) groups is 3. The first-order valence-corrected chi connectivity index (χ1v) is 12.0. The monoisotopic (exact) mass is 454 g/mol. The van der Waals surface area contributed by atoms with Gasteiger partial charge >= 0.3 is 0 Å². The van der Waals surface area contributed by atoms with E-state index in [0.717, 1.165) is 48.9 Å². The van der Waals surface area contributed by atoms with Crippen LogP contribution < -0.4 is 10.1 Å². The van der Waals surface area contributed by atoms with Crippen LogP contribution in [0.15, 0.2) is 24.3 Å². The van der Waals surface area contributed by atoms with Gasteiger partial charge in [-0.25, -0.2) is 0 Å². The number of rotatable bonds is 8. The molecule has 4 rings (SSSR count). The molecule has 2 fully saturated rings. The van der Waals surface area contributed by atoms with Crippen molar-refractivity contribution in [3.05, 3.63) is 30.0 Å². The van der Waals surface area contributed by atoms with Crippen LogP contribution in [0.25, 0.3) is 10.9 Å². The Morgan fingerprint density at radius 2 is 2.00 bits per heavy atom. The molecule has 3 amide bonds. The maximum Gasteiger partial charge on any atom is 0.270 e. The molecule has 8 nitrogen and oxygen atoms in total. The van der Waals surface area contributed by atoms with E-state index in [1.165, 1.54) is 0 Å².